The maximum absolute atomic E-state index is 13.8. The van der Waals surface area contributed by atoms with Crippen LogP contribution in [0.4, 0.5) is 28.2 Å². The maximum atomic E-state index is 13.8. The van der Waals surface area contributed by atoms with Crippen LogP contribution in [0.5, 0.6) is 0 Å². The van der Waals surface area contributed by atoms with Gasteiger partial charge in [0, 0.05) is 44.3 Å². The molecular weight excluding hydrogens is 546 g/mol. The average molecular weight is 580 g/mol. The van der Waals surface area contributed by atoms with E-state index in [1.807, 2.05) is 53.4 Å². The van der Waals surface area contributed by atoms with Crippen molar-refractivity contribution in [1.82, 2.24) is 10.2 Å². The predicted octanol–water partition coefficient (Wildman–Crippen LogP) is 5.84. The number of halogens is 3. The van der Waals surface area contributed by atoms with Crippen molar-refractivity contribution in [2.24, 2.45) is 0 Å². The van der Waals surface area contributed by atoms with Crippen LogP contribution in [-0.4, -0.2) is 62.5 Å². The summed E-state index contributed by atoms with van der Waals surface area (Å²) in [6.07, 6.45) is -1.14. The van der Waals surface area contributed by atoms with Crippen LogP contribution in [0.1, 0.15) is 43.4 Å². The molecule has 1 fully saturated rings. The lowest BCUT2D eigenvalue weighted by Gasteiger charge is -2.37. The number of nitrogens with one attached hydrogen (secondary N) is 1. The second-order valence-corrected chi connectivity index (χ2v) is 11.6. The number of rotatable bonds is 6. The van der Waals surface area contributed by atoms with Crippen molar-refractivity contribution in [2.45, 2.75) is 38.8 Å². The summed E-state index contributed by atoms with van der Waals surface area (Å²) < 4.78 is 52.5. The standard InChI is InChI=1S/C31H34BF3N3O4/c1-31(2,3)42-30(40)38-14-12-37(13-15-38)23-17-21(16-22(18-23)32(33,34)35)19-36-29(39)41-20-28-26-10-6-4-8-24(26)25-9-5-7-11-27(25)28/h4-11,16-18,28H,12-15,19-20H2,1-3H3,(H,36,39)/q-1. The molecule has 1 saturated heterocycles. The van der Waals surface area contributed by atoms with Crippen LogP contribution in [0.15, 0.2) is 66.7 Å². The van der Waals surface area contributed by atoms with Crippen molar-refractivity contribution in [3.63, 3.8) is 0 Å². The summed E-state index contributed by atoms with van der Waals surface area (Å²) in [5.74, 6) is -0.120. The van der Waals surface area contributed by atoms with Gasteiger partial charge in [-0.2, -0.15) is 0 Å². The highest BCUT2D eigenvalue weighted by Gasteiger charge is 2.31. The van der Waals surface area contributed by atoms with Crippen molar-refractivity contribution in [1.29, 1.82) is 0 Å². The Hall–Kier alpha value is -4.15. The largest absolute Gasteiger partial charge is 0.509 e. The molecule has 2 amide bonds. The lowest BCUT2D eigenvalue weighted by molar-refractivity contribution is 0.0240. The van der Waals surface area contributed by atoms with E-state index in [0.717, 1.165) is 34.4 Å². The zero-order chi connectivity index (χ0) is 30.1. The highest BCUT2D eigenvalue weighted by molar-refractivity contribution is 6.73. The molecule has 0 bridgehead atoms. The first-order valence-electron chi connectivity index (χ1n) is 14.0. The third-order valence-corrected chi connectivity index (χ3v) is 7.45. The fourth-order valence-electron chi connectivity index (χ4n) is 5.47. The number of piperazine rings is 1. The normalized spacial score (nSPS) is 15.2. The van der Waals surface area contributed by atoms with E-state index in [9.17, 15) is 22.5 Å². The number of hydrogen-bond acceptors (Lipinski definition) is 5. The van der Waals surface area contributed by atoms with Gasteiger partial charge >= 0.3 is 19.2 Å². The number of amides is 2. The first kappa shape index (κ1) is 29.4. The van der Waals surface area contributed by atoms with Crippen molar-refractivity contribution in [3.05, 3.63) is 83.4 Å². The Morgan fingerprint density at radius 3 is 2.07 bits per heavy atom. The number of hydrogen-bond donors (Lipinski definition) is 1. The van der Waals surface area contributed by atoms with E-state index in [4.69, 9.17) is 9.47 Å². The number of nitrogens with zero attached hydrogens (tertiary/aromatic N) is 2. The smallest absolute Gasteiger partial charge is 0.449 e. The highest BCUT2D eigenvalue weighted by atomic mass is 19.4. The van der Waals surface area contributed by atoms with E-state index in [2.05, 4.69) is 5.32 Å². The van der Waals surface area contributed by atoms with Crippen molar-refractivity contribution in [2.75, 3.05) is 37.7 Å². The SMILES string of the molecule is CC(C)(C)OC(=O)N1CCN(c2cc(CNC(=O)OCC3c4ccccc4-c4ccccc43)cc([B-](F)(F)F)c2)CC1. The first-order chi connectivity index (χ1) is 19.9. The van der Waals surface area contributed by atoms with Crippen LogP contribution >= 0.6 is 0 Å². The number of anilines is 1. The van der Waals surface area contributed by atoms with E-state index < -0.39 is 30.2 Å². The third kappa shape index (κ3) is 6.66. The summed E-state index contributed by atoms with van der Waals surface area (Å²) in [5.41, 5.74) is 3.67. The summed E-state index contributed by atoms with van der Waals surface area (Å²) in [5, 5.41) is 2.61. The van der Waals surface area contributed by atoms with Crippen LogP contribution in [0.25, 0.3) is 11.1 Å². The number of alkyl carbamates (subject to hydrolysis) is 1. The van der Waals surface area contributed by atoms with Gasteiger partial charge in [0.2, 0.25) is 0 Å². The molecule has 11 heteroatoms. The minimum absolute atomic E-state index is 0.110. The van der Waals surface area contributed by atoms with Crippen molar-refractivity contribution >= 4 is 30.3 Å². The van der Waals surface area contributed by atoms with E-state index >= 15 is 0 Å². The van der Waals surface area contributed by atoms with Crippen LogP contribution in [-0.2, 0) is 16.0 Å². The van der Waals surface area contributed by atoms with Gasteiger partial charge < -0.3 is 37.5 Å². The molecule has 1 aliphatic carbocycles. The number of carbonyl (C=O) groups is 2. The van der Waals surface area contributed by atoms with E-state index in [1.54, 1.807) is 31.7 Å². The zero-order valence-electron chi connectivity index (χ0n) is 23.9. The lowest BCUT2D eigenvalue weighted by atomic mass is 9.79. The lowest BCUT2D eigenvalue weighted by Crippen LogP contribution is -2.50. The summed E-state index contributed by atoms with van der Waals surface area (Å²) >= 11 is 0. The molecule has 0 aromatic heterocycles. The second-order valence-electron chi connectivity index (χ2n) is 11.6. The number of fused-ring (bicyclic) bond motifs is 3. The average Bonchev–Trinajstić information content (AvgIpc) is 3.27. The molecule has 2 aliphatic rings. The number of benzene rings is 3. The second kappa shape index (κ2) is 11.6. The molecule has 3 aromatic rings. The van der Waals surface area contributed by atoms with Crippen molar-refractivity contribution < 1.29 is 32.0 Å². The van der Waals surface area contributed by atoms with E-state index in [1.165, 1.54) is 0 Å². The van der Waals surface area contributed by atoms with Gasteiger partial charge in [-0.25, -0.2) is 9.59 Å². The molecule has 3 aromatic carbocycles. The Bertz CT molecular complexity index is 1420. The van der Waals surface area contributed by atoms with E-state index in [-0.39, 0.29) is 19.1 Å². The topological polar surface area (TPSA) is 71.1 Å². The van der Waals surface area contributed by atoms with Gasteiger partial charge in [0.05, 0.1) is 0 Å². The quantitative estimate of drug-likeness (QED) is 0.372. The van der Waals surface area contributed by atoms with Crippen LogP contribution in [0, 0.1) is 0 Å². The Labute approximate surface area is 243 Å². The molecular formula is C31H34BF3N3O4-. The summed E-state index contributed by atoms with van der Waals surface area (Å²) in [6.45, 7) is 1.42. The van der Waals surface area contributed by atoms with Crippen LogP contribution in [0.3, 0.4) is 0 Å². The minimum Gasteiger partial charge on any atom is -0.449 e. The highest BCUT2D eigenvalue weighted by Crippen LogP contribution is 2.44. The van der Waals surface area contributed by atoms with Gasteiger partial charge in [-0.1, -0.05) is 60.7 Å². The number of carbonyl (C=O) groups excluding carboxylic acids is 2. The van der Waals surface area contributed by atoms with Gasteiger partial charge in [-0.15, -0.1) is 5.46 Å². The van der Waals surface area contributed by atoms with Crippen molar-refractivity contribution in [3.8, 4) is 11.1 Å². The molecule has 0 unspecified atom stereocenters. The fraction of sp³-hybridized carbons (Fsp3) is 0.355. The summed E-state index contributed by atoms with van der Waals surface area (Å²) in [6, 6.07) is 19.8. The van der Waals surface area contributed by atoms with Crippen LogP contribution in [0.2, 0.25) is 0 Å². The van der Waals surface area contributed by atoms with Gasteiger partial charge in [0.1, 0.15) is 12.2 Å². The Balaban J connectivity index is 1.22. The maximum Gasteiger partial charge on any atom is 0.509 e. The fourth-order valence-corrected chi connectivity index (χ4v) is 5.47. The molecule has 1 heterocycles. The molecule has 5 rings (SSSR count). The molecule has 7 nitrogen and oxygen atoms in total. The molecule has 1 aliphatic heterocycles. The molecule has 0 spiro atoms. The Morgan fingerprint density at radius 1 is 0.905 bits per heavy atom. The minimum atomic E-state index is -5.27. The number of ether oxygens (including phenoxy) is 2. The Kier molecular flexibility index (Phi) is 8.12. The molecule has 42 heavy (non-hydrogen) atoms. The van der Waals surface area contributed by atoms with Crippen LogP contribution < -0.4 is 15.7 Å². The molecule has 1 N–H and O–H groups in total. The van der Waals surface area contributed by atoms with Gasteiger partial charge in [0.15, 0.2) is 0 Å². The summed E-state index contributed by atoms with van der Waals surface area (Å²) in [7, 11) is 0. The molecule has 0 atom stereocenters. The summed E-state index contributed by atoms with van der Waals surface area (Å²) in [4.78, 5) is 28.4. The van der Waals surface area contributed by atoms with Gasteiger partial charge in [0.25, 0.3) is 0 Å². The van der Waals surface area contributed by atoms with Gasteiger partial charge in [-0.05, 0) is 54.7 Å². The third-order valence-electron chi connectivity index (χ3n) is 7.45. The predicted molar refractivity (Wildman–Crippen MR) is 157 cm³/mol. The zero-order valence-corrected chi connectivity index (χ0v) is 23.9. The van der Waals surface area contributed by atoms with E-state index in [0.29, 0.717) is 37.4 Å². The monoisotopic (exact) mass is 580 g/mol. The Morgan fingerprint density at radius 2 is 1.50 bits per heavy atom. The molecule has 0 radical (unpaired) electrons. The van der Waals surface area contributed by atoms with Gasteiger partial charge in [-0.3, -0.25) is 0 Å². The molecule has 0 saturated carbocycles. The molecule has 222 valence electrons. The first-order valence-corrected chi connectivity index (χ1v) is 14.0.